The molecule has 4 rings (SSSR count). The van der Waals surface area contributed by atoms with Crippen LogP contribution in [0.5, 0.6) is 17.4 Å². The standard InChI is InChI=1S/C25H25BrN4O4S/c1-5-12-35-25-27-23-21(28-29-25)16-10-8-9-11-18(16)30(20(31)6-2)24(34-23)15-13-17(26)22(33-7-3)19(14-15)32-4/h5,8-11,13-14,24H,1,6-7,12H2,2-4H3/t24-/m1/s1. The molecule has 0 aliphatic carbocycles. The van der Waals surface area contributed by atoms with Crippen molar-refractivity contribution < 1.29 is 19.0 Å². The molecular weight excluding hydrogens is 532 g/mol. The molecule has 1 amide bonds. The quantitative estimate of drug-likeness (QED) is 0.253. The molecule has 1 atom stereocenters. The summed E-state index contributed by atoms with van der Waals surface area (Å²) < 4.78 is 18.5. The van der Waals surface area contributed by atoms with Gasteiger partial charge in [0.15, 0.2) is 17.2 Å². The van der Waals surface area contributed by atoms with E-state index in [4.69, 9.17) is 14.2 Å². The smallest absolute Gasteiger partial charge is 0.247 e. The number of anilines is 1. The molecule has 8 nitrogen and oxygen atoms in total. The van der Waals surface area contributed by atoms with Gasteiger partial charge in [-0.1, -0.05) is 43.0 Å². The monoisotopic (exact) mass is 556 g/mol. The Balaban J connectivity index is 1.93. The van der Waals surface area contributed by atoms with Crippen molar-refractivity contribution in [2.75, 3.05) is 24.4 Å². The van der Waals surface area contributed by atoms with Gasteiger partial charge < -0.3 is 14.2 Å². The molecule has 0 N–H and O–H groups in total. The predicted molar refractivity (Wildman–Crippen MR) is 139 cm³/mol. The first-order valence-electron chi connectivity index (χ1n) is 11.1. The molecule has 0 fully saturated rings. The fourth-order valence-corrected chi connectivity index (χ4v) is 4.82. The van der Waals surface area contributed by atoms with Crippen LogP contribution in [0.15, 0.2) is 58.7 Å². The lowest BCUT2D eigenvalue weighted by atomic mass is 10.1. The Morgan fingerprint density at radius 3 is 2.80 bits per heavy atom. The number of hydrogen-bond acceptors (Lipinski definition) is 8. The third-order valence-electron chi connectivity index (χ3n) is 5.24. The zero-order valence-electron chi connectivity index (χ0n) is 19.7. The number of halogens is 1. The van der Waals surface area contributed by atoms with Crippen LogP contribution in [0.4, 0.5) is 5.69 Å². The Labute approximate surface area is 216 Å². The van der Waals surface area contributed by atoms with Gasteiger partial charge in [0.25, 0.3) is 0 Å². The number of methoxy groups -OCH3 is 1. The van der Waals surface area contributed by atoms with Crippen molar-refractivity contribution in [3.8, 4) is 28.6 Å². The minimum absolute atomic E-state index is 0.117. The number of carbonyl (C=O) groups is 1. The average molecular weight is 557 g/mol. The largest absolute Gasteiger partial charge is 0.493 e. The van der Waals surface area contributed by atoms with E-state index in [1.165, 1.54) is 11.8 Å². The second kappa shape index (κ2) is 11.1. The summed E-state index contributed by atoms with van der Waals surface area (Å²) >= 11 is 4.99. The highest BCUT2D eigenvalue weighted by Crippen LogP contribution is 2.46. The fraction of sp³-hybridized carbons (Fsp3) is 0.280. The highest BCUT2D eigenvalue weighted by atomic mass is 79.9. The summed E-state index contributed by atoms with van der Waals surface area (Å²) in [5.74, 6) is 1.90. The molecule has 3 aromatic rings. The van der Waals surface area contributed by atoms with Gasteiger partial charge in [-0.05, 0) is 41.1 Å². The lowest BCUT2D eigenvalue weighted by Gasteiger charge is -2.31. The summed E-state index contributed by atoms with van der Waals surface area (Å²) in [7, 11) is 1.57. The normalized spacial score (nSPS) is 14.3. The molecule has 10 heteroatoms. The Bertz CT molecular complexity index is 1260. The van der Waals surface area contributed by atoms with E-state index in [-0.39, 0.29) is 12.3 Å². The molecule has 2 heterocycles. The number of carbonyl (C=O) groups excluding carboxylic acids is 1. The molecule has 1 aromatic heterocycles. The minimum atomic E-state index is -0.834. The lowest BCUT2D eigenvalue weighted by molar-refractivity contribution is -0.120. The first kappa shape index (κ1) is 25.0. The predicted octanol–water partition coefficient (Wildman–Crippen LogP) is 5.82. The van der Waals surface area contributed by atoms with Crippen LogP contribution in [0.3, 0.4) is 0 Å². The van der Waals surface area contributed by atoms with Crippen molar-refractivity contribution in [1.29, 1.82) is 0 Å². The first-order chi connectivity index (χ1) is 17.0. The number of benzene rings is 2. The summed E-state index contributed by atoms with van der Waals surface area (Å²) in [6.45, 7) is 7.94. The molecule has 35 heavy (non-hydrogen) atoms. The number of hydrogen-bond donors (Lipinski definition) is 0. The summed E-state index contributed by atoms with van der Waals surface area (Å²) in [6, 6.07) is 11.2. The molecule has 0 saturated carbocycles. The Hall–Kier alpha value is -3.11. The van der Waals surface area contributed by atoms with Gasteiger partial charge in [0.05, 0.1) is 23.9 Å². The summed E-state index contributed by atoms with van der Waals surface area (Å²) in [5.41, 5.74) is 2.52. The van der Waals surface area contributed by atoms with Gasteiger partial charge in [-0.25, -0.2) is 0 Å². The number of nitrogens with zero attached hydrogens (tertiary/aromatic N) is 4. The number of aromatic nitrogens is 3. The van der Waals surface area contributed by atoms with E-state index in [0.717, 1.165) is 0 Å². The lowest BCUT2D eigenvalue weighted by Crippen LogP contribution is -2.37. The molecular formula is C25H25BrN4O4S. The average Bonchev–Trinajstić information content (AvgIpc) is 3.02. The van der Waals surface area contributed by atoms with Gasteiger partial charge in [-0.2, -0.15) is 4.98 Å². The van der Waals surface area contributed by atoms with Crippen LogP contribution in [-0.4, -0.2) is 40.6 Å². The molecule has 0 unspecified atom stereocenters. The van der Waals surface area contributed by atoms with Crippen LogP contribution in [0.2, 0.25) is 0 Å². The van der Waals surface area contributed by atoms with E-state index < -0.39 is 6.23 Å². The fourth-order valence-electron chi connectivity index (χ4n) is 3.73. The van der Waals surface area contributed by atoms with Crippen LogP contribution < -0.4 is 19.1 Å². The number of para-hydroxylation sites is 1. The Morgan fingerprint density at radius 2 is 2.09 bits per heavy atom. The third kappa shape index (κ3) is 4.99. The van der Waals surface area contributed by atoms with Gasteiger partial charge in [-0.15, -0.1) is 16.8 Å². The van der Waals surface area contributed by atoms with Crippen molar-refractivity contribution in [2.24, 2.45) is 0 Å². The molecule has 1 aliphatic heterocycles. The maximum absolute atomic E-state index is 13.3. The number of ether oxygens (including phenoxy) is 3. The summed E-state index contributed by atoms with van der Waals surface area (Å²) in [5, 5.41) is 9.14. The van der Waals surface area contributed by atoms with Crippen LogP contribution >= 0.6 is 27.7 Å². The Morgan fingerprint density at radius 1 is 1.29 bits per heavy atom. The topological polar surface area (TPSA) is 86.7 Å². The summed E-state index contributed by atoms with van der Waals surface area (Å²) in [6.07, 6.45) is 1.21. The Kier molecular flexibility index (Phi) is 7.92. The second-order valence-corrected chi connectivity index (χ2v) is 9.26. The van der Waals surface area contributed by atoms with E-state index in [9.17, 15) is 4.79 Å². The SMILES string of the molecule is C=CCSc1nnc2c(n1)O[C@H](c1cc(Br)c(OCC)c(OC)c1)N(C(=O)CC)c1ccccc1-2. The highest BCUT2D eigenvalue weighted by Gasteiger charge is 2.36. The van der Waals surface area contributed by atoms with Crippen LogP contribution in [0, 0.1) is 0 Å². The van der Waals surface area contributed by atoms with Gasteiger partial charge in [-0.3, -0.25) is 9.69 Å². The zero-order valence-corrected chi connectivity index (χ0v) is 22.1. The molecule has 0 saturated heterocycles. The number of thioether (sulfide) groups is 1. The maximum atomic E-state index is 13.3. The van der Waals surface area contributed by atoms with Crippen LogP contribution in [0.1, 0.15) is 32.1 Å². The third-order valence-corrected chi connectivity index (χ3v) is 6.66. The van der Waals surface area contributed by atoms with Crippen molar-refractivity contribution in [3.63, 3.8) is 0 Å². The number of fused-ring (bicyclic) bond motifs is 3. The minimum Gasteiger partial charge on any atom is -0.493 e. The van der Waals surface area contributed by atoms with Crippen molar-refractivity contribution in [3.05, 3.63) is 59.1 Å². The summed E-state index contributed by atoms with van der Waals surface area (Å²) in [4.78, 5) is 19.6. The molecule has 182 valence electrons. The first-order valence-corrected chi connectivity index (χ1v) is 12.9. The van der Waals surface area contributed by atoms with Gasteiger partial charge >= 0.3 is 0 Å². The van der Waals surface area contributed by atoms with Gasteiger partial charge in [0.1, 0.15) is 0 Å². The molecule has 0 spiro atoms. The van der Waals surface area contributed by atoms with Crippen molar-refractivity contribution >= 4 is 39.3 Å². The van der Waals surface area contributed by atoms with Crippen LogP contribution in [-0.2, 0) is 4.79 Å². The van der Waals surface area contributed by atoms with E-state index in [1.54, 1.807) is 18.1 Å². The second-order valence-electron chi connectivity index (χ2n) is 7.42. The van der Waals surface area contributed by atoms with E-state index >= 15 is 0 Å². The van der Waals surface area contributed by atoms with E-state index in [1.807, 2.05) is 50.2 Å². The zero-order chi connectivity index (χ0) is 24.9. The molecule has 2 aromatic carbocycles. The maximum Gasteiger partial charge on any atom is 0.247 e. The van der Waals surface area contributed by atoms with E-state index in [2.05, 4.69) is 37.7 Å². The van der Waals surface area contributed by atoms with E-state index in [0.29, 0.717) is 61.9 Å². The van der Waals surface area contributed by atoms with Gasteiger partial charge in [0.2, 0.25) is 23.2 Å². The number of rotatable bonds is 8. The number of amides is 1. The highest BCUT2D eigenvalue weighted by molar-refractivity contribution is 9.10. The van der Waals surface area contributed by atoms with Crippen molar-refractivity contribution in [1.82, 2.24) is 15.2 Å². The molecule has 0 bridgehead atoms. The van der Waals surface area contributed by atoms with Crippen LogP contribution in [0.25, 0.3) is 11.3 Å². The molecule has 0 radical (unpaired) electrons. The van der Waals surface area contributed by atoms with Crippen molar-refractivity contribution in [2.45, 2.75) is 31.7 Å². The molecule has 1 aliphatic rings. The van der Waals surface area contributed by atoms with Gasteiger partial charge in [0, 0.05) is 23.3 Å².